The van der Waals surface area contributed by atoms with Gasteiger partial charge in [0.2, 0.25) is 5.91 Å². The van der Waals surface area contributed by atoms with Crippen LogP contribution in [0.2, 0.25) is 0 Å². The van der Waals surface area contributed by atoms with E-state index in [-0.39, 0.29) is 11.9 Å². The Bertz CT molecular complexity index is 651. The second-order valence-corrected chi connectivity index (χ2v) is 5.36. The fourth-order valence-electron chi connectivity index (χ4n) is 2.77. The van der Waals surface area contributed by atoms with E-state index in [2.05, 4.69) is 41.4 Å². The zero-order valence-corrected chi connectivity index (χ0v) is 12.0. The number of anilines is 2. The lowest BCUT2D eigenvalue weighted by atomic mass is 10.0. The Balaban J connectivity index is 2.01. The maximum atomic E-state index is 11.9. The molecule has 108 valence electrons. The van der Waals surface area contributed by atoms with Crippen LogP contribution in [0.3, 0.4) is 0 Å². The number of aryl methyl sites for hydroxylation is 1. The van der Waals surface area contributed by atoms with Crippen LogP contribution in [0.4, 0.5) is 11.4 Å². The largest absolute Gasteiger partial charge is 0.352 e. The number of rotatable bonds is 3. The zero-order chi connectivity index (χ0) is 14.8. The third kappa shape index (κ3) is 2.62. The van der Waals surface area contributed by atoms with Crippen LogP contribution in [-0.4, -0.2) is 19.0 Å². The van der Waals surface area contributed by atoms with Crippen molar-refractivity contribution in [3.8, 4) is 0 Å². The summed E-state index contributed by atoms with van der Waals surface area (Å²) in [5.41, 5.74) is 10.2. The quantitative estimate of drug-likeness (QED) is 0.908. The van der Waals surface area contributed by atoms with Gasteiger partial charge in [0.1, 0.15) is 0 Å². The van der Waals surface area contributed by atoms with E-state index in [9.17, 15) is 4.79 Å². The van der Waals surface area contributed by atoms with Gasteiger partial charge in [0.25, 0.3) is 0 Å². The molecule has 0 bridgehead atoms. The van der Waals surface area contributed by atoms with Crippen molar-refractivity contribution in [1.29, 1.82) is 0 Å². The molecule has 2 aromatic rings. The number of para-hydroxylation sites is 2. The summed E-state index contributed by atoms with van der Waals surface area (Å²) in [5, 5.41) is 2.91. The summed E-state index contributed by atoms with van der Waals surface area (Å²) in [7, 11) is 0. The van der Waals surface area contributed by atoms with E-state index in [4.69, 9.17) is 5.73 Å². The van der Waals surface area contributed by atoms with E-state index >= 15 is 0 Å². The molecule has 1 aliphatic rings. The molecule has 3 N–H and O–H groups in total. The smallest absolute Gasteiger partial charge is 0.243 e. The van der Waals surface area contributed by atoms with Gasteiger partial charge in [-0.15, -0.1) is 0 Å². The number of amides is 1. The SMILES string of the molecule is Cc1ccc(C(CN)N2CC(=O)Nc3ccccc32)cc1. The second kappa shape index (κ2) is 5.58. The van der Waals surface area contributed by atoms with Gasteiger partial charge in [-0.1, -0.05) is 42.0 Å². The van der Waals surface area contributed by atoms with Gasteiger partial charge in [0, 0.05) is 6.54 Å². The minimum Gasteiger partial charge on any atom is -0.352 e. The Labute approximate surface area is 124 Å². The van der Waals surface area contributed by atoms with E-state index in [1.165, 1.54) is 5.56 Å². The van der Waals surface area contributed by atoms with Crippen LogP contribution in [0.1, 0.15) is 17.2 Å². The Morgan fingerprint density at radius 1 is 1.19 bits per heavy atom. The van der Waals surface area contributed by atoms with Crippen LogP contribution in [-0.2, 0) is 4.79 Å². The number of carbonyl (C=O) groups excluding carboxylic acids is 1. The van der Waals surface area contributed by atoms with Gasteiger partial charge in [-0.25, -0.2) is 0 Å². The van der Waals surface area contributed by atoms with Crippen LogP contribution in [0.25, 0.3) is 0 Å². The van der Waals surface area contributed by atoms with Gasteiger partial charge in [0.15, 0.2) is 0 Å². The number of fused-ring (bicyclic) bond motifs is 1. The highest BCUT2D eigenvalue weighted by Gasteiger charge is 2.27. The number of nitrogens with two attached hydrogens (primary N) is 1. The maximum Gasteiger partial charge on any atom is 0.243 e. The minimum absolute atomic E-state index is 0.000684. The van der Waals surface area contributed by atoms with Crippen LogP contribution in [0.5, 0.6) is 0 Å². The third-order valence-corrected chi connectivity index (χ3v) is 3.86. The summed E-state index contributed by atoms with van der Waals surface area (Å²) in [5.74, 6) is -0.000684. The summed E-state index contributed by atoms with van der Waals surface area (Å²) < 4.78 is 0. The molecular formula is C17H19N3O. The zero-order valence-electron chi connectivity index (χ0n) is 12.0. The molecule has 0 aliphatic carbocycles. The Morgan fingerprint density at radius 3 is 2.62 bits per heavy atom. The molecule has 21 heavy (non-hydrogen) atoms. The van der Waals surface area contributed by atoms with Gasteiger partial charge >= 0.3 is 0 Å². The fraction of sp³-hybridized carbons (Fsp3) is 0.235. The van der Waals surface area contributed by atoms with E-state index < -0.39 is 0 Å². The predicted octanol–water partition coefficient (Wildman–Crippen LogP) is 2.45. The summed E-state index contributed by atoms with van der Waals surface area (Å²) >= 11 is 0. The van der Waals surface area contributed by atoms with Gasteiger partial charge in [0.05, 0.1) is 24.0 Å². The van der Waals surface area contributed by atoms with Crippen molar-refractivity contribution in [3.63, 3.8) is 0 Å². The highest BCUT2D eigenvalue weighted by atomic mass is 16.2. The Morgan fingerprint density at radius 2 is 1.90 bits per heavy atom. The normalized spacial score (nSPS) is 15.3. The van der Waals surface area contributed by atoms with Crippen molar-refractivity contribution in [2.75, 3.05) is 23.3 Å². The highest BCUT2D eigenvalue weighted by Crippen LogP contribution is 2.34. The first-order valence-electron chi connectivity index (χ1n) is 7.11. The molecule has 0 saturated carbocycles. The van der Waals surface area contributed by atoms with Crippen LogP contribution in [0.15, 0.2) is 48.5 Å². The van der Waals surface area contributed by atoms with Crippen molar-refractivity contribution < 1.29 is 4.79 Å². The lowest BCUT2D eigenvalue weighted by Gasteiger charge is -2.37. The second-order valence-electron chi connectivity index (χ2n) is 5.36. The van der Waals surface area contributed by atoms with Crippen molar-refractivity contribution in [1.82, 2.24) is 0 Å². The molecule has 0 spiro atoms. The molecule has 4 heteroatoms. The molecular weight excluding hydrogens is 262 g/mol. The van der Waals surface area contributed by atoms with E-state index in [0.29, 0.717) is 13.1 Å². The Kier molecular flexibility index (Phi) is 3.62. The topological polar surface area (TPSA) is 58.4 Å². The number of benzene rings is 2. The minimum atomic E-state index is -0.00204. The van der Waals surface area contributed by atoms with Gasteiger partial charge < -0.3 is 16.0 Å². The fourth-order valence-corrected chi connectivity index (χ4v) is 2.77. The van der Waals surface area contributed by atoms with Crippen molar-refractivity contribution in [2.24, 2.45) is 5.73 Å². The van der Waals surface area contributed by atoms with E-state index in [0.717, 1.165) is 16.9 Å². The van der Waals surface area contributed by atoms with Crippen LogP contribution >= 0.6 is 0 Å². The first-order valence-corrected chi connectivity index (χ1v) is 7.11. The lowest BCUT2D eigenvalue weighted by molar-refractivity contribution is -0.115. The molecule has 1 unspecified atom stereocenters. The molecule has 0 radical (unpaired) electrons. The number of nitrogens with zero attached hydrogens (tertiary/aromatic N) is 1. The average Bonchev–Trinajstić information content (AvgIpc) is 2.49. The van der Waals surface area contributed by atoms with Crippen molar-refractivity contribution >= 4 is 17.3 Å². The first-order chi connectivity index (χ1) is 10.2. The summed E-state index contributed by atoms with van der Waals surface area (Å²) in [6, 6.07) is 16.2. The standard InChI is InChI=1S/C17H19N3O/c1-12-6-8-13(9-7-12)16(10-18)20-11-17(21)19-14-4-2-3-5-15(14)20/h2-9,16H,10-11,18H2,1H3,(H,19,21). The molecule has 1 heterocycles. The molecule has 0 saturated heterocycles. The number of hydrogen-bond acceptors (Lipinski definition) is 3. The summed E-state index contributed by atoms with van der Waals surface area (Å²) in [6.45, 7) is 2.85. The monoisotopic (exact) mass is 281 g/mol. The van der Waals surface area contributed by atoms with Crippen LogP contribution < -0.4 is 16.0 Å². The molecule has 0 fully saturated rings. The molecule has 4 nitrogen and oxygen atoms in total. The van der Waals surface area contributed by atoms with E-state index in [1.807, 2.05) is 24.3 Å². The number of nitrogens with one attached hydrogen (secondary N) is 1. The molecule has 0 aromatic heterocycles. The number of hydrogen-bond donors (Lipinski definition) is 2. The average molecular weight is 281 g/mol. The maximum absolute atomic E-state index is 11.9. The summed E-state index contributed by atoms with van der Waals surface area (Å²) in [6.07, 6.45) is 0. The van der Waals surface area contributed by atoms with Gasteiger partial charge in [-0.05, 0) is 24.6 Å². The first kappa shape index (κ1) is 13.6. The summed E-state index contributed by atoms with van der Waals surface area (Å²) in [4.78, 5) is 14.0. The molecule has 1 atom stereocenters. The highest BCUT2D eigenvalue weighted by molar-refractivity contribution is 6.01. The Hall–Kier alpha value is -2.33. The van der Waals surface area contributed by atoms with Crippen molar-refractivity contribution in [3.05, 3.63) is 59.7 Å². The van der Waals surface area contributed by atoms with E-state index in [1.54, 1.807) is 0 Å². The molecule has 3 rings (SSSR count). The lowest BCUT2D eigenvalue weighted by Crippen LogP contribution is -2.43. The van der Waals surface area contributed by atoms with Crippen LogP contribution in [0, 0.1) is 6.92 Å². The molecule has 2 aromatic carbocycles. The van der Waals surface area contributed by atoms with Crippen molar-refractivity contribution in [2.45, 2.75) is 13.0 Å². The third-order valence-electron chi connectivity index (χ3n) is 3.86. The predicted molar refractivity (Wildman–Crippen MR) is 85.4 cm³/mol. The van der Waals surface area contributed by atoms with Gasteiger partial charge in [-0.3, -0.25) is 4.79 Å². The van der Waals surface area contributed by atoms with Gasteiger partial charge in [-0.2, -0.15) is 0 Å². The molecule has 1 amide bonds. The molecule has 1 aliphatic heterocycles. The number of carbonyl (C=O) groups is 1.